The van der Waals surface area contributed by atoms with E-state index in [0.717, 1.165) is 21.7 Å². The Labute approximate surface area is 80.8 Å². The van der Waals surface area contributed by atoms with Gasteiger partial charge in [-0.1, -0.05) is 12.1 Å². The van der Waals surface area contributed by atoms with E-state index in [0.29, 0.717) is 5.75 Å². The average molecular weight is 183 g/mol. The third-order valence-corrected chi connectivity index (χ3v) is 2.53. The van der Waals surface area contributed by atoms with Crippen molar-refractivity contribution in [3.05, 3.63) is 42.6 Å². The second-order valence-corrected chi connectivity index (χ2v) is 3.42. The second-order valence-electron chi connectivity index (χ2n) is 3.42. The maximum absolute atomic E-state index is 9.66. The van der Waals surface area contributed by atoms with Crippen LogP contribution < -0.4 is 0 Å². The number of aromatic hydroxyl groups is 1. The van der Waals surface area contributed by atoms with Gasteiger partial charge in [0.2, 0.25) is 0 Å². The van der Waals surface area contributed by atoms with Crippen molar-refractivity contribution in [3.8, 4) is 5.75 Å². The highest BCUT2D eigenvalue weighted by Crippen LogP contribution is 2.28. The first-order valence-electron chi connectivity index (χ1n) is 4.53. The number of rotatable bonds is 0. The van der Waals surface area contributed by atoms with Gasteiger partial charge in [-0.05, 0) is 29.7 Å². The van der Waals surface area contributed by atoms with Crippen LogP contribution in [0.25, 0.3) is 21.7 Å². The first kappa shape index (κ1) is 7.44. The van der Waals surface area contributed by atoms with Crippen LogP contribution in [0.3, 0.4) is 0 Å². The number of fused-ring (bicyclic) bond motifs is 2. The number of nitrogens with one attached hydrogen (secondary N) is 1. The Morgan fingerprint density at radius 2 is 1.93 bits per heavy atom. The van der Waals surface area contributed by atoms with Crippen LogP contribution in [-0.2, 0) is 0 Å². The molecule has 1 aromatic heterocycles. The van der Waals surface area contributed by atoms with E-state index in [1.807, 2.05) is 36.5 Å². The summed E-state index contributed by atoms with van der Waals surface area (Å²) in [5, 5.41) is 12.7. The largest absolute Gasteiger partial charge is 0.507 e. The van der Waals surface area contributed by atoms with Gasteiger partial charge in [0.15, 0.2) is 0 Å². The van der Waals surface area contributed by atoms with E-state index in [9.17, 15) is 5.11 Å². The lowest BCUT2D eigenvalue weighted by atomic mass is 10.1. The molecule has 2 heteroatoms. The first-order valence-corrected chi connectivity index (χ1v) is 4.53. The number of benzene rings is 2. The SMILES string of the molecule is Oc1cccc2cc3[nH]ccc3cc12. The normalized spacial score (nSPS) is 11.1. The lowest BCUT2D eigenvalue weighted by molar-refractivity contribution is 0.481. The molecule has 0 bridgehead atoms. The van der Waals surface area contributed by atoms with Crippen LogP contribution in [-0.4, -0.2) is 10.1 Å². The van der Waals surface area contributed by atoms with Gasteiger partial charge in [0.25, 0.3) is 0 Å². The molecule has 0 fully saturated rings. The van der Waals surface area contributed by atoms with Gasteiger partial charge in [-0.2, -0.15) is 0 Å². The maximum Gasteiger partial charge on any atom is 0.123 e. The van der Waals surface area contributed by atoms with E-state index >= 15 is 0 Å². The molecule has 0 atom stereocenters. The van der Waals surface area contributed by atoms with Gasteiger partial charge in [-0.3, -0.25) is 0 Å². The number of H-pyrrole nitrogens is 1. The van der Waals surface area contributed by atoms with Crippen molar-refractivity contribution in [3.63, 3.8) is 0 Å². The molecule has 2 aromatic carbocycles. The molecule has 0 aliphatic carbocycles. The van der Waals surface area contributed by atoms with Crippen molar-refractivity contribution in [1.29, 1.82) is 0 Å². The summed E-state index contributed by atoms with van der Waals surface area (Å²) >= 11 is 0. The fourth-order valence-electron chi connectivity index (χ4n) is 1.81. The topological polar surface area (TPSA) is 36.0 Å². The quantitative estimate of drug-likeness (QED) is 0.552. The predicted octanol–water partition coefficient (Wildman–Crippen LogP) is 3.03. The van der Waals surface area contributed by atoms with Crippen molar-refractivity contribution < 1.29 is 5.11 Å². The molecule has 68 valence electrons. The molecule has 0 aliphatic rings. The lowest BCUT2D eigenvalue weighted by Crippen LogP contribution is -1.74. The molecule has 0 amide bonds. The molecule has 3 aromatic rings. The fraction of sp³-hybridized carbons (Fsp3) is 0. The Morgan fingerprint density at radius 1 is 1.00 bits per heavy atom. The predicted molar refractivity (Wildman–Crippen MR) is 57.5 cm³/mol. The van der Waals surface area contributed by atoms with Gasteiger partial charge in [-0.25, -0.2) is 0 Å². The molecule has 0 unspecified atom stereocenters. The Bertz CT molecular complexity index is 610. The van der Waals surface area contributed by atoms with E-state index in [4.69, 9.17) is 0 Å². The van der Waals surface area contributed by atoms with Crippen molar-refractivity contribution in [1.82, 2.24) is 4.98 Å². The number of phenols is 1. The van der Waals surface area contributed by atoms with E-state index in [2.05, 4.69) is 4.98 Å². The third kappa shape index (κ3) is 0.909. The standard InChI is InChI=1S/C12H9NO/c14-12-3-1-2-8-7-11-9(4-5-13-11)6-10(8)12/h1-7,13-14H. The van der Waals surface area contributed by atoms with Crippen molar-refractivity contribution in [2.45, 2.75) is 0 Å². The van der Waals surface area contributed by atoms with Gasteiger partial charge in [-0.15, -0.1) is 0 Å². The number of hydrogen-bond donors (Lipinski definition) is 2. The van der Waals surface area contributed by atoms with Crippen molar-refractivity contribution in [2.24, 2.45) is 0 Å². The number of phenolic OH excluding ortho intramolecular Hbond substituents is 1. The first-order chi connectivity index (χ1) is 6.84. The minimum Gasteiger partial charge on any atom is -0.507 e. The molecular formula is C12H9NO. The van der Waals surface area contributed by atoms with E-state index in [1.165, 1.54) is 0 Å². The zero-order valence-corrected chi connectivity index (χ0v) is 7.49. The average Bonchev–Trinajstić information content (AvgIpc) is 2.62. The molecule has 1 heterocycles. The summed E-state index contributed by atoms with van der Waals surface area (Å²) in [6.07, 6.45) is 1.90. The summed E-state index contributed by atoms with van der Waals surface area (Å²) < 4.78 is 0. The van der Waals surface area contributed by atoms with Gasteiger partial charge in [0, 0.05) is 22.5 Å². The van der Waals surface area contributed by atoms with Crippen molar-refractivity contribution >= 4 is 21.7 Å². The zero-order chi connectivity index (χ0) is 9.54. The Morgan fingerprint density at radius 3 is 2.86 bits per heavy atom. The summed E-state index contributed by atoms with van der Waals surface area (Å²) in [4.78, 5) is 3.15. The summed E-state index contributed by atoms with van der Waals surface area (Å²) in [6.45, 7) is 0. The highest BCUT2D eigenvalue weighted by molar-refractivity contribution is 5.99. The van der Waals surface area contributed by atoms with Gasteiger partial charge >= 0.3 is 0 Å². The van der Waals surface area contributed by atoms with Crippen LogP contribution in [0.15, 0.2) is 42.6 Å². The van der Waals surface area contributed by atoms with E-state index in [-0.39, 0.29) is 0 Å². The second kappa shape index (κ2) is 2.51. The highest BCUT2D eigenvalue weighted by Gasteiger charge is 2.01. The molecule has 3 rings (SSSR count). The Hall–Kier alpha value is -1.96. The number of aromatic amines is 1. The van der Waals surface area contributed by atoms with Crippen LogP contribution in [0.5, 0.6) is 5.75 Å². The van der Waals surface area contributed by atoms with Crippen LogP contribution in [0.4, 0.5) is 0 Å². The van der Waals surface area contributed by atoms with Gasteiger partial charge in [0.05, 0.1) is 0 Å². The maximum atomic E-state index is 9.66. The van der Waals surface area contributed by atoms with Crippen molar-refractivity contribution in [2.75, 3.05) is 0 Å². The summed E-state index contributed by atoms with van der Waals surface area (Å²) in [7, 11) is 0. The third-order valence-electron chi connectivity index (χ3n) is 2.53. The lowest BCUT2D eigenvalue weighted by Gasteiger charge is -2.00. The summed E-state index contributed by atoms with van der Waals surface area (Å²) in [6, 6.07) is 11.6. The monoisotopic (exact) mass is 183 g/mol. The highest BCUT2D eigenvalue weighted by atomic mass is 16.3. The van der Waals surface area contributed by atoms with E-state index in [1.54, 1.807) is 6.07 Å². The Kier molecular flexibility index (Phi) is 1.34. The van der Waals surface area contributed by atoms with Gasteiger partial charge in [0.1, 0.15) is 5.75 Å². The van der Waals surface area contributed by atoms with Gasteiger partial charge < -0.3 is 10.1 Å². The number of aromatic nitrogens is 1. The van der Waals surface area contributed by atoms with Crippen LogP contribution in [0.2, 0.25) is 0 Å². The van der Waals surface area contributed by atoms with E-state index < -0.39 is 0 Å². The molecular weight excluding hydrogens is 174 g/mol. The summed E-state index contributed by atoms with van der Waals surface area (Å²) in [5.41, 5.74) is 1.10. The van der Waals surface area contributed by atoms with Crippen LogP contribution in [0.1, 0.15) is 0 Å². The fourth-order valence-corrected chi connectivity index (χ4v) is 1.81. The Balaban J connectivity index is 2.57. The summed E-state index contributed by atoms with van der Waals surface area (Å²) in [5.74, 6) is 0.339. The molecule has 14 heavy (non-hydrogen) atoms. The van der Waals surface area contributed by atoms with Crippen LogP contribution >= 0.6 is 0 Å². The molecule has 2 N–H and O–H groups in total. The molecule has 0 saturated heterocycles. The molecule has 0 radical (unpaired) electrons. The number of hydrogen-bond acceptors (Lipinski definition) is 1. The smallest absolute Gasteiger partial charge is 0.123 e. The molecule has 0 aliphatic heterocycles. The zero-order valence-electron chi connectivity index (χ0n) is 7.49. The molecule has 0 saturated carbocycles. The minimum atomic E-state index is 0.339. The molecule has 2 nitrogen and oxygen atoms in total. The molecule has 0 spiro atoms. The van der Waals surface area contributed by atoms with Crippen LogP contribution in [0, 0.1) is 0 Å². The minimum absolute atomic E-state index is 0.339.